The first-order valence-corrected chi connectivity index (χ1v) is 9.22. The molecular weight excluding hydrogens is 304 g/mol. The number of imidazole rings is 1. The summed E-state index contributed by atoms with van der Waals surface area (Å²) in [6.45, 7) is 8.44. The molecule has 116 valence electrons. The first-order chi connectivity index (χ1) is 10.1. The van der Waals surface area contributed by atoms with E-state index in [9.17, 15) is 0 Å². The van der Waals surface area contributed by atoms with E-state index in [0.717, 1.165) is 36.5 Å². The van der Waals surface area contributed by atoms with E-state index < -0.39 is 0 Å². The standard InChI is InChI=1S/C15H23ClN4S/c1-4-20-14-13(11(2)18-20)17-12(6-8-16)19(14)10-15(3)7-5-9-21-15/h4-10H2,1-3H3. The highest BCUT2D eigenvalue weighted by molar-refractivity contribution is 8.00. The predicted molar refractivity (Wildman–Crippen MR) is 90.5 cm³/mol. The largest absolute Gasteiger partial charge is 0.311 e. The minimum absolute atomic E-state index is 0.311. The summed E-state index contributed by atoms with van der Waals surface area (Å²) in [5.41, 5.74) is 3.23. The number of hydrogen-bond donors (Lipinski definition) is 0. The third-order valence-corrected chi connectivity index (χ3v) is 6.00. The van der Waals surface area contributed by atoms with Crippen molar-refractivity contribution in [2.24, 2.45) is 0 Å². The minimum atomic E-state index is 0.311. The fourth-order valence-electron chi connectivity index (χ4n) is 3.23. The molecule has 0 spiro atoms. The number of nitrogens with zero attached hydrogens (tertiary/aromatic N) is 4. The van der Waals surface area contributed by atoms with Gasteiger partial charge in [0.2, 0.25) is 0 Å². The average Bonchev–Trinajstić information content (AvgIpc) is 3.10. The van der Waals surface area contributed by atoms with Crippen molar-refractivity contribution in [2.45, 2.75) is 57.9 Å². The van der Waals surface area contributed by atoms with Gasteiger partial charge >= 0.3 is 0 Å². The Hall–Kier alpha value is -0.680. The van der Waals surface area contributed by atoms with Gasteiger partial charge in [-0.15, -0.1) is 11.6 Å². The molecule has 4 nitrogen and oxygen atoms in total. The van der Waals surface area contributed by atoms with Crippen LogP contribution in [-0.4, -0.2) is 35.7 Å². The Bertz CT molecular complexity index is 640. The topological polar surface area (TPSA) is 35.6 Å². The molecule has 1 aliphatic rings. The van der Waals surface area contributed by atoms with Gasteiger partial charge in [0.05, 0.1) is 5.69 Å². The second-order valence-electron chi connectivity index (χ2n) is 6.03. The highest BCUT2D eigenvalue weighted by atomic mass is 35.5. The van der Waals surface area contributed by atoms with Crippen LogP contribution in [0.25, 0.3) is 11.2 Å². The average molecular weight is 327 g/mol. The normalized spacial score (nSPS) is 22.5. The van der Waals surface area contributed by atoms with Crippen LogP contribution in [0.1, 0.15) is 38.2 Å². The van der Waals surface area contributed by atoms with Gasteiger partial charge in [-0.3, -0.25) is 0 Å². The fraction of sp³-hybridized carbons (Fsp3) is 0.733. The van der Waals surface area contributed by atoms with Crippen LogP contribution in [0.2, 0.25) is 0 Å². The minimum Gasteiger partial charge on any atom is -0.311 e. The van der Waals surface area contributed by atoms with Gasteiger partial charge in [-0.1, -0.05) is 0 Å². The van der Waals surface area contributed by atoms with Crippen molar-refractivity contribution in [1.82, 2.24) is 19.3 Å². The molecule has 6 heteroatoms. The molecule has 0 bridgehead atoms. The van der Waals surface area contributed by atoms with Gasteiger partial charge in [-0.05, 0) is 39.4 Å². The van der Waals surface area contributed by atoms with Gasteiger partial charge in [-0.25, -0.2) is 9.67 Å². The summed E-state index contributed by atoms with van der Waals surface area (Å²) in [5, 5.41) is 4.62. The molecule has 1 saturated heterocycles. The van der Waals surface area contributed by atoms with Crippen molar-refractivity contribution in [2.75, 3.05) is 11.6 Å². The maximum Gasteiger partial charge on any atom is 0.158 e. The van der Waals surface area contributed by atoms with E-state index in [-0.39, 0.29) is 0 Å². The lowest BCUT2D eigenvalue weighted by molar-refractivity contribution is 0.496. The number of aryl methyl sites for hydroxylation is 3. The lowest BCUT2D eigenvalue weighted by Gasteiger charge is -2.24. The third kappa shape index (κ3) is 2.70. The molecule has 2 aromatic heterocycles. The van der Waals surface area contributed by atoms with Crippen LogP contribution in [-0.2, 0) is 19.5 Å². The third-order valence-electron chi connectivity index (χ3n) is 4.29. The van der Waals surface area contributed by atoms with E-state index in [4.69, 9.17) is 16.6 Å². The maximum absolute atomic E-state index is 5.99. The fourth-order valence-corrected chi connectivity index (χ4v) is 4.69. The van der Waals surface area contributed by atoms with E-state index in [1.807, 2.05) is 6.92 Å². The Balaban J connectivity index is 2.10. The summed E-state index contributed by atoms with van der Waals surface area (Å²) in [6, 6.07) is 0. The summed E-state index contributed by atoms with van der Waals surface area (Å²) in [7, 11) is 0. The van der Waals surface area contributed by atoms with Crippen LogP contribution >= 0.6 is 23.4 Å². The molecule has 3 rings (SSSR count). The summed E-state index contributed by atoms with van der Waals surface area (Å²) >= 11 is 8.07. The zero-order chi connectivity index (χ0) is 15.0. The highest BCUT2D eigenvalue weighted by Crippen LogP contribution is 2.40. The molecule has 1 fully saturated rings. The SMILES string of the molecule is CCn1nc(C)c2nc(CCCl)n(CC3(C)CCCS3)c21. The van der Waals surface area contributed by atoms with Crippen molar-refractivity contribution >= 4 is 34.5 Å². The van der Waals surface area contributed by atoms with Crippen LogP contribution < -0.4 is 0 Å². The van der Waals surface area contributed by atoms with E-state index in [0.29, 0.717) is 10.6 Å². The molecule has 1 unspecified atom stereocenters. The first-order valence-electron chi connectivity index (χ1n) is 7.70. The molecule has 0 saturated carbocycles. The van der Waals surface area contributed by atoms with Crippen LogP contribution in [0.3, 0.4) is 0 Å². The molecule has 2 aromatic rings. The molecule has 21 heavy (non-hydrogen) atoms. The summed E-state index contributed by atoms with van der Waals surface area (Å²) in [4.78, 5) is 4.83. The molecule has 0 radical (unpaired) electrons. The molecule has 0 N–H and O–H groups in total. The number of hydrogen-bond acceptors (Lipinski definition) is 3. The van der Waals surface area contributed by atoms with E-state index in [1.165, 1.54) is 24.2 Å². The van der Waals surface area contributed by atoms with Crippen LogP contribution in [0.15, 0.2) is 0 Å². The second kappa shape index (κ2) is 5.84. The Morgan fingerprint density at radius 1 is 1.43 bits per heavy atom. The Labute approximate surface area is 135 Å². The van der Waals surface area contributed by atoms with Crippen LogP contribution in [0.5, 0.6) is 0 Å². The lowest BCUT2D eigenvalue weighted by Crippen LogP contribution is -2.26. The smallest absolute Gasteiger partial charge is 0.158 e. The summed E-state index contributed by atoms with van der Waals surface area (Å²) < 4.78 is 4.77. The molecule has 0 aliphatic carbocycles. The number of halogens is 1. The van der Waals surface area contributed by atoms with Gasteiger partial charge in [0.1, 0.15) is 11.3 Å². The summed E-state index contributed by atoms with van der Waals surface area (Å²) in [6.07, 6.45) is 3.41. The van der Waals surface area contributed by atoms with E-state index in [1.54, 1.807) is 0 Å². The van der Waals surface area contributed by atoms with E-state index >= 15 is 0 Å². The van der Waals surface area contributed by atoms with Crippen molar-refractivity contribution in [3.05, 3.63) is 11.5 Å². The molecule has 1 aliphatic heterocycles. The molecule has 3 heterocycles. The zero-order valence-corrected chi connectivity index (χ0v) is 14.6. The second-order valence-corrected chi connectivity index (χ2v) is 8.09. The zero-order valence-electron chi connectivity index (χ0n) is 13.0. The van der Waals surface area contributed by atoms with Gasteiger partial charge in [0.25, 0.3) is 0 Å². The van der Waals surface area contributed by atoms with Crippen molar-refractivity contribution < 1.29 is 0 Å². The van der Waals surface area contributed by atoms with Crippen molar-refractivity contribution in [3.8, 4) is 0 Å². The highest BCUT2D eigenvalue weighted by Gasteiger charge is 2.32. The number of thioether (sulfide) groups is 1. The Morgan fingerprint density at radius 3 is 2.86 bits per heavy atom. The quantitative estimate of drug-likeness (QED) is 0.787. The van der Waals surface area contributed by atoms with Gasteiger partial charge in [0, 0.05) is 30.1 Å². The molecular formula is C15H23ClN4S. The summed E-state index contributed by atoms with van der Waals surface area (Å²) in [5.74, 6) is 2.99. The van der Waals surface area contributed by atoms with Crippen molar-refractivity contribution in [3.63, 3.8) is 0 Å². The van der Waals surface area contributed by atoms with Crippen LogP contribution in [0.4, 0.5) is 0 Å². The Morgan fingerprint density at radius 2 is 2.24 bits per heavy atom. The number of aromatic nitrogens is 4. The monoisotopic (exact) mass is 326 g/mol. The Kier molecular flexibility index (Phi) is 4.23. The van der Waals surface area contributed by atoms with Gasteiger partial charge in [0.15, 0.2) is 5.65 Å². The molecule has 1 atom stereocenters. The number of alkyl halides is 1. The van der Waals surface area contributed by atoms with Crippen molar-refractivity contribution in [1.29, 1.82) is 0 Å². The number of fused-ring (bicyclic) bond motifs is 1. The first kappa shape index (κ1) is 15.2. The maximum atomic E-state index is 5.99. The lowest BCUT2D eigenvalue weighted by atomic mass is 10.1. The molecule has 0 amide bonds. The van der Waals surface area contributed by atoms with Gasteiger partial charge in [-0.2, -0.15) is 16.9 Å². The van der Waals surface area contributed by atoms with Crippen LogP contribution in [0, 0.1) is 6.92 Å². The molecule has 0 aromatic carbocycles. The van der Waals surface area contributed by atoms with Gasteiger partial charge < -0.3 is 4.57 Å². The predicted octanol–water partition coefficient (Wildman–Crippen LogP) is 3.63. The van der Waals surface area contributed by atoms with E-state index in [2.05, 4.69) is 40.0 Å². The number of rotatable bonds is 5.